The van der Waals surface area contributed by atoms with Gasteiger partial charge in [0.2, 0.25) is 11.8 Å². The molecule has 4 nitrogen and oxygen atoms in total. The van der Waals surface area contributed by atoms with Gasteiger partial charge in [-0.1, -0.05) is 6.07 Å². The van der Waals surface area contributed by atoms with Crippen LogP contribution in [-0.4, -0.2) is 18.4 Å². The van der Waals surface area contributed by atoms with Crippen molar-refractivity contribution in [2.75, 3.05) is 11.9 Å². The Balaban J connectivity index is 2.48. The van der Waals surface area contributed by atoms with E-state index in [9.17, 15) is 9.59 Å². The maximum Gasteiger partial charge on any atom is 0.243 e. The number of amides is 2. The topological polar surface area (TPSA) is 58.2 Å². The van der Waals surface area contributed by atoms with E-state index in [1.165, 1.54) is 6.92 Å². The molecule has 0 aliphatic carbocycles. The molecule has 0 saturated heterocycles. The van der Waals surface area contributed by atoms with Crippen molar-refractivity contribution in [2.45, 2.75) is 6.92 Å². The van der Waals surface area contributed by atoms with Crippen LogP contribution in [0.15, 0.2) is 24.3 Å². The number of rotatable bonds is 3. The Kier molecular flexibility index (Phi) is 4.54. The van der Waals surface area contributed by atoms with Gasteiger partial charge in [0.25, 0.3) is 0 Å². The molecule has 0 heterocycles. The first kappa shape index (κ1) is 12.0. The van der Waals surface area contributed by atoms with Crippen LogP contribution in [0.4, 0.5) is 5.69 Å². The molecule has 1 aromatic carbocycles. The lowest BCUT2D eigenvalue weighted by Gasteiger charge is -2.05. The normalized spacial score (nSPS) is 9.47. The zero-order valence-corrected chi connectivity index (χ0v) is 10.4. The number of benzene rings is 1. The Morgan fingerprint density at radius 2 is 2.13 bits per heavy atom. The van der Waals surface area contributed by atoms with Gasteiger partial charge in [-0.05, 0) is 40.8 Å². The van der Waals surface area contributed by atoms with Gasteiger partial charge in [0, 0.05) is 16.2 Å². The molecule has 0 aliphatic heterocycles. The summed E-state index contributed by atoms with van der Waals surface area (Å²) in [5, 5.41) is 5.11. The summed E-state index contributed by atoms with van der Waals surface area (Å²) in [4.78, 5) is 21.9. The molecule has 0 spiro atoms. The molecule has 0 saturated carbocycles. The van der Waals surface area contributed by atoms with Crippen LogP contribution in [0, 0.1) is 3.57 Å². The molecule has 1 aromatic rings. The van der Waals surface area contributed by atoms with E-state index in [1.54, 1.807) is 6.07 Å². The summed E-state index contributed by atoms with van der Waals surface area (Å²) < 4.78 is 1.05. The highest BCUT2D eigenvalue weighted by Gasteiger charge is 2.02. The van der Waals surface area contributed by atoms with Crippen LogP contribution < -0.4 is 10.6 Å². The fourth-order valence-corrected chi connectivity index (χ4v) is 1.52. The molecule has 0 aliphatic rings. The number of anilines is 1. The van der Waals surface area contributed by atoms with Gasteiger partial charge in [-0.2, -0.15) is 0 Å². The van der Waals surface area contributed by atoms with Crippen LogP contribution >= 0.6 is 22.6 Å². The average Bonchev–Trinajstić information content (AvgIpc) is 2.15. The zero-order valence-electron chi connectivity index (χ0n) is 8.21. The van der Waals surface area contributed by atoms with Gasteiger partial charge in [0.05, 0.1) is 6.54 Å². The third-order valence-corrected chi connectivity index (χ3v) is 2.28. The van der Waals surface area contributed by atoms with Gasteiger partial charge >= 0.3 is 0 Å². The van der Waals surface area contributed by atoms with Crippen molar-refractivity contribution in [1.82, 2.24) is 5.32 Å². The predicted molar refractivity (Wildman–Crippen MR) is 66.5 cm³/mol. The van der Waals surface area contributed by atoms with Gasteiger partial charge < -0.3 is 10.6 Å². The first-order valence-corrected chi connectivity index (χ1v) is 5.45. The van der Waals surface area contributed by atoms with Gasteiger partial charge in [-0.25, -0.2) is 0 Å². The Bertz CT molecular complexity index is 379. The SMILES string of the molecule is CC(=O)NCC(=O)Nc1cccc(I)c1. The summed E-state index contributed by atoms with van der Waals surface area (Å²) in [5.41, 5.74) is 0.734. The van der Waals surface area contributed by atoms with Gasteiger partial charge in [-0.3, -0.25) is 9.59 Å². The van der Waals surface area contributed by atoms with Gasteiger partial charge in [0.1, 0.15) is 0 Å². The molecule has 2 N–H and O–H groups in total. The molecule has 5 heteroatoms. The van der Waals surface area contributed by atoms with Crippen molar-refractivity contribution >= 4 is 40.1 Å². The molecule has 80 valence electrons. The number of halogens is 1. The van der Waals surface area contributed by atoms with Gasteiger partial charge in [0.15, 0.2) is 0 Å². The Morgan fingerprint density at radius 1 is 1.40 bits per heavy atom. The summed E-state index contributed by atoms with van der Waals surface area (Å²) in [5.74, 6) is -0.444. The quantitative estimate of drug-likeness (QED) is 0.827. The van der Waals surface area contributed by atoms with Gasteiger partial charge in [-0.15, -0.1) is 0 Å². The fraction of sp³-hybridized carbons (Fsp3) is 0.200. The minimum atomic E-state index is -0.229. The summed E-state index contributed by atoms with van der Waals surface area (Å²) in [6.45, 7) is 1.37. The first-order chi connectivity index (χ1) is 7.08. The summed E-state index contributed by atoms with van der Waals surface area (Å²) in [7, 11) is 0. The largest absolute Gasteiger partial charge is 0.347 e. The Hall–Kier alpha value is -1.11. The molecule has 0 radical (unpaired) electrons. The summed E-state index contributed by atoms with van der Waals surface area (Å²) in [6.07, 6.45) is 0. The van der Waals surface area contributed by atoms with Crippen molar-refractivity contribution < 1.29 is 9.59 Å². The number of carbonyl (C=O) groups is 2. The lowest BCUT2D eigenvalue weighted by Crippen LogP contribution is -2.31. The third kappa shape index (κ3) is 4.78. The van der Waals surface area contributed by atoms with Crippen molar-refractivity contribution in [2.24, 2.45) is 0 Å². The maximum absolute atomic E-state index is 11.3. The Morgan fingerprint density at radius 3 is 2.73 bits per heavy atom. The van der Waals surface area contributed by atoms with Crippen molar-refractivity contribution in [1.29, 1.82) is 0 Å². The van der Waals surface area contributed by atoms with E-state index in [2.05, 4.69) is 33.2 Å². The molecule has 15 heavy (non-hydrogen) atoms. The Labute approximate surface area is 102 Å². The molecule has 0 fully saturated rings. The molecule has 0 aromatic heterocycles. The van der Waals surface area contributed by atoms with Crippen LogP contribution in [0.2, 0.25) is 0 Å². The standard InChI is InChI=1S/C10H11IN2O2/c1-7(14)12-6-10(15)13-9-4-2-3-8(11)5-9/h2-5H,6H2,1H3,(H,12,14)(H,13,15). The number of hydrogen-bond acceptors (Lipinski definition) is 2. The highest BCUT2D eigenvalue weighted by molar-refractivity contribution is 14.1. The molecule has 0 unspecified atom stereocenters. The molecule has 0 atom stereocenters. The number of nitrogens with one attached hydrogen (secondary N) is 2. The highest BCUT2D eigenvalue weighted by atomic mass is 127. The van der Waals surface area contributed by atoms with E-state index in [1.807, 2.05) is 18.2 Å². The molecule has 2 amide bonds. The van der Waals surface area contributed by atoms with Crippen LogP contribution in [0.3, 0.4) is 0 Å². The second-order valence-electron chi connectivity index (χ2n) is 2.97. The molecular weight excluding hydrogens is 307 g/mol. The van der Waals surface area contributed by atoms with E-state index < -0.39 is 0 Å². The summed E-state index contributed by atoms with van der Waals surface area (Å²) in [6, 6.07) is 7.44. The molecular formula is C10H11IN2O2. The second-order valence-corrected chi connectivity index (χ2v) is 4.21. The lowest BCUT2D eigenvalue weighted by atomic mass is 10.3. The monoisotopic (exact) mass is 318 g/mol. The van der Waals surface area contributed by atoms with Crippen molar-refractivity contribution in [3.05, 3.63) is 27.8 Å². The van der Waals surface area contributed by atoms with E-state index in [0.29, 0.717) is 0 Å². The molecule has 1 rings (SSSR count). The smallest absolute Gasteiger partial charge is 0.243 e. The first-order valence-electron chi connectivity index (χ1n) is 4.38. The van der Waals surface area contributed by atoms with E-state index in [-0.39, 0.29) is 18.4 Å². The third-order valence-electron chi connectivity index (χ3n) is 1.61. The van der Waals surface area contributed by atoms with Crippen LogP contribution in [0.25, 0.3) is 0 Å². The lowest BCUT2D eigenvalue weighted by molar-refractivity contribution is -0.122. The predicted octanol–water partition coefficient (Wildman–Crippen LogP) is 1.37. The fourth-order valence-electron chi connectivity index (χ4n) is 0.976. The van der Waals surface area contributed by atoms with Crippen molar-refractivity contribution in [3.63, 3.8) is 0 Å². The van der Waals surface area contributed by atoms with Crippen molar-refractivity contribution in [3.8, 4) is 0 Å². The zero-order chi connectivity index (χ0) is 11.3. The number of hydrogen-bond donors (Lipinski definition) is 2. The van der Waals surface area contributed by atoms with Crippen LogP contribution in [0.5, 0.6) is 0 Å². The minimum absolute atomic E-state index is 0.000800. The maximum atomic E-state index is 11.3. The van der Waals surface area contributed by atoms with Crippen LogP contribution in [0.1, 0.15) is 6.92 Å². The van der Waals surface area contributed by atoms with E-state index >= 15 is 0 Å². The van der Waals surface area contributed by atoms with E-state index in [0.717, 1.165) is 9.26 Å². The second kappa shape index (κ2) is 5.69. The van der Waals surface area contributed by atoms with E-state index in [4.69, 9.17) is 0 Å². The minimum Gasteiger partial charge on any atom is -0.347 e. The average molecular weight is 318 g/mol. The summed E-state index contributed by atoms with van der Waals surface area (Å²) >= 11 is 2.16. The highest BCUT2D eigenvalue weighted by Crippen LogP contribution is 2.11. The molecule has 0 bridgehead atoms. The number of carbonyl (C=O) groups excluding carboxylic acids is 2. The van der Waals surface area contributed by atoms with Crippen LogP contribution in [-0.2, 0) is 9.59 Å².